The van der Waals surface area contributed by atoms with E-state index in [9.17, 15) is 0 Å². The number of rotatable bonds is 5. The Bertz CT molecular complexity index is 1280. The van der Waals surface area contributed by atoms with E-state index in [1.54, 1.807) is 10.9 Å². The number of hydrogen-bond acceptors (Lipinski definition) is 0. The minimum atomic E-state index is -0.557. The summed E-state index contributed by atoms with van der Waals surface area (Å²) in [5.41, 5.74) is 5.90. The summed E-state index contributed by atoms with van der Waals surface area (Å²) in [6, 6.07) is 40.4. The zero-order chi connectivity index (χ0) is 21.3. The molecule has 0 spiro atoms. The Kier molecular flexibility index (Phi) is 7.74. The van der Waals surface area contributed by atoms with Crippen molar-refractivity contribution in [2.75, 3.05) is 0 Å². The van der Waals surface area contributed by atoms with Gasteiger partial charge in [0.2, 0.25) is 0 Å². The molecule has 0 N–H and O–H groups in total. The summed E-state index contributed by atoms with van der Waals surface area (Å²) in [7, 11) is -0.557. The van der Waals surface area contributed by atoms with E-state index >= 15 is 0 Å². The van der Waals surface area contributed by atoms with Gasteiger partial charge in [-0.15, -0.1) is 0 Å². The van der Waals surface area contributed by atoms with Gasteiger partial charge in [-0.25, -0.2) is 0 Å². The van der Waals surface area contributed by atoms with E-state index in [4.69, 9.17) is 0 Å². The molecule has 4 aromatic carbocycles. The van der Waals surface area contributed by atoms with Crippen LogP contribution in [0.25, 0.3) is 12.2 Å². The van der Waals surface area contributed by atoms with Gasteiger partial charge < -0.3 is 9.41 Å². The fourth-order valence-corrected chi connectivity index (χ4v) is 10.9. The van der Waals surface area contributed by atoms with Gasteiger partial charge in [-0.3, -0.25) is 0 Å². The molecule has 0 amide bonds. The fourth-order valence-electron chi connectivity index (χ4n) is 4.85. The molecule has 34 heavy (non-hydrogen) atoms. The molecule has 0 nitrogen and oxygen atoms in total. The first kappa shape index (κ1) is 24.5. The normalized spacial score (nSPS) is 17.1. The van der Waals surface area contributed by atoms with Crippen LogP contribution < -0.4 is 20.0 Å². The molecular formula is C30H23F2PTi. The predicted molar refractivity (Wildman–Crippen MR) is 134 cm³/mol. The van der Waals surface area contributed by atoms with Crippen LogP contribution in [-0.4, -0.2) is 0 Å². The summed E-state index contributed by atoms with van der Waals surface area (Å²) >= 11 is -0.331. The van der Waals surface area contributed by atoms with E-state index in [1.807, 2.05) is 0 Å². The second-order valence-electron chi connectivity index (χ2n) is 8.27. The maximum absolute atomic E-state index is 2.53. The number of benzene rings is 4. The zero-order valence-corrected chi connectivity index (χ0v) is 20.9. The third kappa shape index (κ3) is 4.51. The summed E-state index contributed by atoms with van der Waals surface area (Å²) in [6.07, 6.45) is 7.33. The molecule has 2 unspecified atom stereocenters. The molecule has 0 radical (unpaired) electrons. The van der Waals surface area contributed by atoms with E-state index in [-0.39, 0.29) is 28.6 Å². The third-order valence-electron chi connectivity index (χ3n) is 6.34. The first-order chi connectivity index (χ1) is 15.9. The van der Waals surface area contributed by atoms with Gasteiger partial charge in [-0.05, 0) is 0 Å². The maximum atomic E-state index is 2.53. The smallest absolute Gasteiger partial charge is 1.00 e. The third-order valence-corrected chi connectivity index (χ3v) is 12.1. The van der Waals surface area contributed by atoms with Crippen LogP contribution in [0.15, 0.2) is 121 Å². The van der Waals surface area contributed by atoms with Crippen LogP contribution >= 0.6 is 7.92 Å². The summed E-state index contributed by atoms with van der Waals surface area (Å²) in [5.74, 6) is 0. The quantitative estimate of drug-likeness (QED) is 0.284. The second-order valence-corrected chi connectivity index (χ2v) is 12.9. The Hall–Kier alpha value is -2.64. The minimum absolute atomic E-state index is 0. The van der Waals surface area contributed by atoms with E-state index in [0.717, 1.165) is 0 Å². The number of halogens is 2. The van der Waals surface area contributed by atoms with Crippen molar-refractivity contribution in [2.24, 2.45) is 0 Å². The average molecular weight is 500 g/mol. The summed E-state index contributed by atoms with van der Waals surface area (Å²) in [4.78, 5) is 0. The largest absolute Gasteiger partial charge is 1.00 e. The van der Waals surface area contributed by atoms with Gasteiger partial charge in [0, 0.05) is 0 Å². The first-order valence-corrected chi connectivity index (χ1v) is 14.3. The minimum Gasteiger partial charge on any atom is -1.00 e. The van der Waals surface area contributed by atoms with Crippen molar-refractivity contribution >= 4 is 30.7 Å². The van der Waals surface area contributed by atoms with E-state index < -0.39 is 7.92 Å². The van der Waals surface area contributed by atoms with Crippen LogP contribution in [-0.2, 0) is 19.2 Å². The van der Waals surface area contributed by atoms with Crippen LogP contribution in [0.4, 0.5) is 0 Å². The van der Waals surface area contributed by atoms with E-state index in [2.05, 4.69) is 127 Å². The molecule has 0 bridgehead atoms. The molecule has 0 fully saturated rings. The van der Waals surface area contributed by atoms with Crippen LogP contribution in [0.5, 0.6) is 0 Å². The molecule has 0 saturated carbocycles. The Labute approximate surface area is 209 Å². The predicted octanol–water partition coefficient (Wildman–Crippen LogP) is 1.07. The molecule has 6 rings (SSSR count). The standard InChI is InChI=1S/C21H16P.C9H7.2FH.Ti/c1-3-11-19(12-4-1)22(20-13-5-2-6-14-20)21-15-17-9-7-8-10-18(17)16-21;1-2-5-9-7-3-6-8(9)4-1;;;/h1-16H;1-7H;2*1H;/q;;;;+2/p-2. The van der Waals surface area contributed by atoms with Crippen LogP contribution in [0, 0.1) is 0 Å². The molecule has 2 aliphatic carbocycles. The molecule has 166 valence electrons. The van der Waals surface area contributed by atoms with Gasteiger partial charge in [-0.1, -0.05) is 0 Å². The fraction of sp³-hybridized carbons (Fsp3) is 0.0667. The Balaban J connectivity index is 0.00000137. The van der Waals surface area contributed by atoms with Crippen molar-refractivity contribution < 1.29 is 28.6 Å². The average Bonchev–Trinajstić information content (AvgIpc) is 3.43. The molecule has 2 atom stereocenters. The molecule has 0 saturated heterocycles. The van der Waals surface area contributed by atoms with Crippen molar-refractivity contribution in [2.45, 2.75) is 8.45 Å². The van der Waals surface area contributed by atoms with Gasteiger partial charge in [0.1, 0.15) is 0 Å². The van der Waals surface area contributed by atoms with Gasteiger partial charge in [0.15, 0.2) is 0 Å². The molecule has 4 heteroatoms. The van der Waals surface area contributed by atoms with Crippen molar-refractivity contribution in [3.05, 3.63) is 143 Å². The van der Waals surface area contributed by atoms with Gasteiger partial charge >= 0.3 is 201 Å². The molecule has 4 aromatic rings. The molecule has 2 aliphatic rings. The van der Waals surface area contributed by atoms with Crippen LogP contribution in [0.3, 0.4) is 0 Å². The SMILES string of the molecule is C1=C[CH]([Ti+2][CH]2C(P(c3ccccc3)c3ccccc3)=Cc3ccccc32)c2ccccc21.[F-].[F-]. The number of hydrogen-bond donors (Lipinski definition) is 0. The van der Waals surface area contributed by atoms with Crippen molar-refractivity contribution in [3.8, 4) is 0 Å². The first-order valence-electron chi connectivity index (χ1n) is 11.1. The summed E-state index contributed by atoms with van der Waals surface area (Å²) in [5, 5.41) is 4.54. The molecular weight excluding hydrogens is 477 g/mol. The number of allylic oxidation sites excluding steroid dienone is 2. The van der Waals surface area contributed by atoms with Crippen molar-refractivity contribution in [1.82, 2.24) is 0 Å². The number of fused-ring (bicyclic) bond motifs is 2. The zero-order valence-electron chi connectivity index (χ0n) is 18.5. The Morgan fingerprint density at radius 2 is 1.09 bits per heavy atom. The molecule has 0 aliphatic heterocycles. The summed E-state index contributed by atoms with van der Waals surface area (Å²) in [6.45, 7) is 0. The van der Waals surface area contributed by atoms with E-state index in [0.29, 0.717) is 8.45 Å². The Morgan fingerprint density at radius 3 is 1.74 bits per heavy atom. The van der Waals surface area contributed by atoms with Crippen LogP contribution in [0.1, 0.15) is 30.7 Å². The maximum Gasteiger partial charge on any atom is -1.00 e. The van der Waals surface area contributed by atoms with Crippen molar-refractivity contribution in [3.63, 3.8) is 0 Å². The second kappa shape index (κ2) is 10.7. The topological polar surface area (TPSA) is 0 Å². The molecule has 0 heterocycles. The van der Waals surface area contributed by atoms with Gasteiger partial charge in [-0.2, -0.15) is 0 Å². The monoisotopic (exact) mass is 500 g/mol. The van der Waals surface area contributed by atoms with Crippen LogP contribution in [0.2, 0.25) is 0 Å². The molecule has 0 aromatic heterocycles. The van der Waals surface area contributed by atoms with Gasteiger partial charge in [0.05, 0.1) is 0 Å². The van der Waals surface area contributed by atoms with Crippen molar-refractivity contribution in [1.29, 1.82) is 0 Å². The van der Waals surface area contributed by atoms with Gasteiger partial charge in [0.25, 0.3) is 0 Å². The summed E-state index contributed by atoms with van der Waals surface area (Å²) < 4.78 is 1.15. The Morgan fingerprint density at radius 1 is 0.559 bits per heavy atom. The van der Waals surface area contributed by atoms with E-state index in [1.165, 1.54) is 27.3 Å².